The van der Waals surface area contributed by atoms with E-state index >= 15 is 0 Å². The molecule has 0 saturated heterocycles. The van der Waals surface area contributed by atoms with Crippen LogP contribution in [0.3, 0.4) is 0 Å². The maximum atomic E-state index is 10.7. The van der Waals surface area contributed by atoms with Crippen LogP contribution in [0.4, 0.5) is 0 Å². The van der Waals surface area contributed by atoms with E-state index in [-0.39, 0.29) is 42.1 Å². The van der Waals surface area contributed by atoms with Crippen LogP contribution in [0.5, 0.6) is 0 Å². The van der Waals surface area contributed by atoms with Crippen LogP contribution in [0.25, 0.3) is 0 Å². The minimum absolute atomic E-state index is 0. The average Bonchev–Trinajstić information content (AvgIpc) is 2.65. The van der Waals surface area contributed by atoms with Crippen LogP contribution < -0.4 is 29.6 Å². The van der Waals surface area contributed by atoms with Gasteiger partial charge in [0.05, 0.1) is 6.61 Å². The van der Waals surface area contributed by atoms with E-state index in [2.05, 4.69) is 30.2 Å². The molecule has 0 spiro atoms. The van der Waals surface area contributed by atoms with Crippen LogP contribution in [-0.4, -0.2) is 19.6 Å². The van der Waals surface area contributed by atoms with Gasteiger partial charge in [0.1, 0.15) is 0 Å². The molecule has 29 heavy (non-hydrogen) atoms. The van der Waals surface area contributed by atoms with Gasteiger partial charge in [0, 0.05) is 5.92 Å². The molecule has 0 aliphatic heterocycles. The van der Waals surface area contributed by atoms with Crippen LogP contribution in [0.2, 0.25) is 0 Å². The zero-order valence-electron chi connectivity index (χ0n) is 19.5. The van der Waals surface area contributed by atoms with Crippen molar-refractivity contribution >= 4 is 10.4 Å². The predicted octanol–water partition coefficient (Wildman–Crippen LogP) is 4.31. The molecule has 1 atom stereocenters. The summed E-state index contributed by atoms with van der Waals surface area (Å²) in [5, 5.41) is 0. The minimum Gasteiger partial charge on any atom is -0.726 e. The first-order valence-electron chi connectivity index (χ1n) is 11.8. The molecule has 1 unspecified atom stereocenters. The van der Waals surface area contributed by atoms with Crippen LogP contribution in [0.1, 0.15) is 123 Å². The zero-order valence-corrected chi connectivity index (χ0v) is 22.3. The molecule has 0 amide bonds. The largest absolute Gasteiger partial charge is 1.00 e. The third kappa shape index (κ3) is 26.6. The topological polar surface area (TPSA) is 66.4 Å². The van der Waals surface area contributed by atoms with E-state index in [1.54, 1.807) is 0 Å². The van der Waals surface area contributed by atoms with Crippen LogP contribution in [0, 0.1) is 5.92 Å². The molecule has 0 aromatic carbocycles. The minimum atomic E-state index is -4.60. The predicted molar refractivity (Wildman–Crippen MR) is 118 cm³/mol. The van der Waals surface area contributed by atoms with Crippen molar-refractivity contribution in [3.05, 3.63) is 12.2 Å². The summed E-state index contributed by atoms with van der Waals surface area (Å²) in [6.07, 6.45) is 25.2. The van der Waals surface area contributed by atoms with E-state index in [4.69, 9.17) is 0 Å². The smallest absolute Gasteiger partial charge is 0.726 e. The van der Waals surface area contributed by atoms with Crippen molar-refractivity contribution in [3.8, 4) is 0 Å². The van der Waals surface area contributed by atoms with Crippen LogP contribution in [-0.2, 0) is 14.6 Å². The summed E-state index contributed by atoms with van der Waals surface area (Å²) in [5.41, 5.74) is 0. The van der Waals surface area contributed by atoms with Gasteiger partial charge < -0.3 is 4.55 Å². The van der Waals surface area contributed by atoms with Crippen molar-refractivity contribution < 1.29 is 46.7 Å². The monoisotopic (exact) mass is 440 g/mol. The first-order chi connectivity index (χ1) is 13.5. The van der Waals surface area contributed by atoms with E-state index in [9.17, 15) is 13.0 Å². The average molecular weight is 441 g/mol. The van der Waals surface area contributed by atoms with E-state index in [0.717, 1.165) is 25.7 Å². The summed E-state index contributed by atoms with van der Waals surface area (Å²) in [5.74, 6) is 0.0217. The molecule has 4 nitrogen and oxygen atoms in total. The van der Waals surface area contributed by atoms with Crippen molar-refractivity contribution in [2.24, 2.45) is 5.92 Å². The van der Waals surface area contributed by atoms with Gasteiger partial charge in [-0.05, 0) is 19.3 Å². The Hall–Kier alpha value is 0.610. The second-order valence-electron chi connectivity index (χ2n) is 8.05. The Kier molecular flexibility index (Phi) is 25.5. The first-order valence-corrected chi connectivity index (χ1v) is 13.1. The van der Waals surface area contributed by atoms with E-state index in [1.807, 2.05) is 0 Å². The molecule has 6 heteroatoms. The Bertz CT molecular complexity index is 452. The molecule has 0 radical (unpaired) electrons. The maximum Gasteiger partial charge on any atom is 1.00 e. The molecular formula is C23H45NaO4S. The van der Waals surface area contributed by atoms with Gasteiger partial charge in [0.2, 0.25) is 10.4 Å². The van der Waals surface area contributed by atoms with Crippen molar-refractivity contribution in [2.45, 2.75) is 123 Å². The zero-order chi connectivity index (χ0) is 20.9. The number of allylic oxidation sites excluding steroid dienone is 1. The van der Waals surface area contributed by atoms with E-state index < -0.39 is 10.4 Å². The molecule has 0 bridgehead atoms. The Labute approximate surface area is 203 Å². The van der Waals surface area contributed by atoms with Crippen molar-refractivity contribution in [2.75, 3.05) is 6.61 Å². The van der Waals surface area contributed by atoms with Gasteiger partial charge >= 0.3 is 29.6 Å². The molecule has 168 valence electrons. The fourth-order valence-electron chi connectivity index (χ4n) is 3.45. The van der Waals surface area contributed by atoms with E-state index in [0.29, 0.717) is 0 Å². The molecule has 0 N–H and O–H groups in total. The fraction of sp³-hybridized carbons (Fsp3) is 0.913. The molecule has 0 heterocycles. The maximum absolute atomic E-state index is 10.7. The third-order valence-corrected chi connectivity index (χ3v) is 5.66. The fourth-order valence-corrected chi connectivity index (χ4v) is 3.80. The summed E-state index contributed by atoms with van der Waals surface area (Å²) >= 11 is 0. The van der Waals surface area contributed by atoms with Gasteiger partial charge in [0.25, 0.3) is 0 Å². The molecule has 0 saturated carbocycles. The van der Waals surface area contributed by atoms with Gasteiger partial charge in [-0.3, -0.25) is 4.18 Å². The summed E-state index contributed by atoms with van der Waals surface area (Å²) < 4.78 is 36.7. The second-order valence-corrected chi connectivity index (χ2v) is 9.11. The Morgan fingerprint density at radius 3 is 1.69 bits per heavy atom. The standard InChI is InChI=1S/C23H46O4S.Na/c1-3-5-7-9-10-11-12-13-14-15-17-19-21-23(22-27-28(24,25)26)20-18-16-8-6-4-2;/h19,21,23H,3-18,20,22H2,1-2H3,(H,24,25,26);/q;+1/p-1/b21-19+;. The SMILES string of the molecule is CCCCCCCCCCCC/C=C/C(CCCCCCC)COS(=O)(=O)[O-].[Na+]. The second kappa shape index (κ2) is 23.3. The Morgan fingerprint density at radius 2 is 1.21 bits per heavy atom. The molecule has 0 aliphatic carbocycles. The molecular weight excluding hydrogens is 395 g/mol. The third-order valence-electron chi connectivity index (χ3n) is 5.24. The summed E-state index contributed by atoms with van der Waals surface area (Å²) in [4.78, 5) is 0. The van der Waals surface area contributed by atoms with Crippen molar-refractivity contribution in [3.63, 3.8) is 0 Å². The van der Waals surface area contributed by atoms with Gasteiger partial charge in [-0.2, -0.15) is 0 Å². The van der Waals surface area contributed by atoms with E-state index in [1.165, 1.54) is 83.5 Å². The number of hydrogen-bond donors (Lipinski definition) is 0. The number of hydrogen-bond acceptors (Lipinski definition) is 4. The molecule has 0 aromatic heterocycles. The van der Waals surface area contributed by atoms with Gasteiger partial charge in [-0.1, -0.05) is 116 Å². The Morgan fingerprint density at radius 1 is 0.759 bits per heavy atom. The molecule has 0 aliphatic rings. The summed E-state index contributed by atoms with van der Waals surface area (Å²) in [7, 11) is -4.60. The molecule has 0 aromatic rings. The summed E-state index contributed by atoms with van der Waals surface area (Å²) in [6.45, 7) is 4.42. The van der Waals surface area contributed by atoms with Crippen LogP contribution >= 0.6 is 0 Å². The normalized spacial score (nSPS) is 12.9. The molecule has 0 rings (SSSR count). The summed E-state index contributed by atoms with van der Waals surface area (Å²) in [6, 6.07) is 0. The van der Waals surface area contributed by atoms with Crippen LogP contribution in [0.15, 0.2) is 12.2 Å². The number of rotatable bonds is 21. The van der Waals surface area contributed by atoms with Crippen molar-refractivity contribution in [1.29, 1.82) is 0 Å². The Balaban J connectivity index is 0. The molecule has 0 fully saturated rings. The van der Waals surface area contributed by atoms with Crippen molar-refractivity contribution in [1.82, 2.24) is 0 Å². The van der Waals surface area contributed by atoms with Gasteiger partial charge in [-0.15, -0.1) is 0 Å². The van der Waals surface area contributed by atoms with Gasteiger partial charge in [-0.25, -0.2) is 8.42 Å². The van der Waals surface area contributed by atoms with Gasteiger partial charge in [0.15, 0.2) is 0 Å². The number of unbranched alkanes of at least 4 members (excludes halogenated alkanes) is 14. The quantitative estimate of drug-likeness (QED) is 0.0877. The first kappa shape index (κ1) is 31.8.